The zero-order valence-corrected chi connectivity index (χ0v) is 31.4. The van der Waals surface area contributed by atoms with Gasteiger partial charge in [0.25, 0.3) is 0 Å². The van der Waals surface area contributed by atoms with Gasteiger partial charge in [-0.1, -0.05) is 176 Å². The molecule has 266 valence electrons. The predicted molar refractivity (Wildman–Crippen MR) is 233 cm³/mol. The molecule has 3 nitrogen and oxygen atoms in total. The summed E-state index contributed by atoms with van der Waals surface area (Å²) in [5.41, 5.74) is 18.5. The molecule has 0 atom stereocenters. The van der Waals surface area contributed by atoms with E-state index in [0.717, 1.165) is 56.2 Å². The van der Waals surface area contributed by atoms with Crippen molar-refractivity contribution in [2.24, 2.45) is 0 Å². The second kappa shape index (κ2) is 15.3. The van der Waals surface area contributed by atoms with Crippen LogP contribution in [0.5, 0.6) is 0 Å². The van der Waals surface area contributed by atoms with E-state index in [0.29, 0.717) is 5.82 Å². The molecule has 9 rings (SSSR count). The number of hydrogen-bond acceptors (Lipinski definition) is 3. The smallest absolute Gasteiger partial charge is 0.160 e. The minimum absolute atomic E-state index is 0.685. The van der Waals surface area contributed by atoms with E-state index in [9.17, 15) is 0 Å². The van der Waals surface area contributed by atoms with Crippen LogP contribution < -0.4 is 0 Å². The lowest BCUT2D eigenvalue weighted by atomic mass is 9.84. The van der Waals surface area contributed by atoms with Crippen molar-refractivity contribution in [2.75, 3.05) is 0 Å². The van der Waals surface area contributed by atoms with Crippen LogP contribution in [-0.4, -0.2) is 15.0 Å². The van der Waals surface area contributed by atoms with Crippen molar-refractivity contribution in [3.05, 3.63) is 212 Å². The fourth-order valence-electron chi connectivity index (χ4n) is 7.52. The molecule has 0 radical (unpaired) electrons. The Morgan fingerprint density at radius 3 is 1.21 bits per heavy atom. The number of nitrogens with zero attached hydrogens (tertiary/aromatic N) is 3. The first kappa shape index (κ1) is 34.5. The Balaban J connectivity index is 1.16. The molecule has 0 saturated heterocycles. The third kappa shape index (κ3) is 7.06. The zero-order valence-electron chi connectivity index (χ0n) is 31.4. The number of aromatic nitrogens is 3. The number of rotatable bonds is 8. The molecule has 0 N–H and O–H groups in total. The van der Waals surface area contributed by atoms with E-state index in [2.05, 4.69) is 206 Å². The molecule has 0 aliphatic rings. The Hall–Kier alpha value is -7.23. The van der Waals surface area contributed by atoms with Crippen molar-refractivity contribution in [2.45, 2.75) is 13.8 Å². The van der Waals surface area contributed by atoms with Crippen LogP contribution in [-0.2, 0) is 0 Å². The molecule has 0 spiro atoms. The molecule has 9 aromatic rings. The van der Waals surface area contributed by atoms with Gasteiger partial charge in [-0.05, 0) is 88.2 Å². The Labute approximate surface area is 328 Å². The molecule has 0 amide bonds. The predicted octanol–water partition coefficient (Wildman–Crippen LogP) is 13.8. The summed E-state index contributed by atoms with van der Waals surface area (Å²) >= 11 is 0. The van der Waals surface area contributed by atoms with E-state index in [4.69, 9.17) is 9.97 Å². The van der Waals surface area contributed by atoms with Crippen molar-refractivity contribution in [3.63, 3.8) is 0 Å². The van der Waals surface area contributed by atoms with Crippen LogP contribution in [0, 0.1) is 13.8 Å². The highest BCUT2D eigenvalue weighted by Crippen LogP contribution is 2.44. The molecule has 2 heterocycles. The van der Waals surface area contributed by atoms with E-state index >= 15 is 0 Å². The van der Waals surface area contributed by atoms with Crippen LogP contribution in [0.4, 0.5) is 0 Å². The summed E-state index contributed by atoms with van der Waals surface area (Å²) in [6.45, 7) is 4.08. The van der Waals surface area contributed by atoms with E-state index in [-0.39, 0.29) is 0 Å². The van der Waals surface area contributed by atoms with Gasteiger partial charge >= 0.3 is 0 Å². The first-order valence-electron chi connectivity index (χ1n) is 19.0. The maximum atomic E-state index is 5.19. The average Bonchev–Trinajstić information content (AvgIpc) is 3.27. The molecule has 3 heteroatoms. The maximum absolute atomic E-state index is 5.19. The van der Waals surface area contributed by atoms with Gasteiger partial charge in [0.15, 0.2) is 5.82 Å². The lowest BCUT2D eigenvalue weighted by Crippen LogP contribution is -1.97. The van der Waals surface area contributed by atoms with Gasteiger partial charge in [-0.3, -0.25) is 4.98 Å². The molecular weight excluding hydrogens is 679 g/mol. The number of hydrogen-bond donors (Lipinski definition) is 0. The average molecular weight is 718 g/mol. The molecular formula is C53H39N3. The monoisotopic (exact) mass is 717 g/mol. The molecule has 0 bridgehead atoms. The fraction of sp³-hybridized carbons (Fsp3) is 0.0377. The highest BCUT2D eigenvalue weighted by molar-refractivity contribution is 5.98. The van der Waals surface area contributed by atoms with Gasteiger partial charge in [-0.15, -0.1) is 0 Å². The number of pyridine rings is 1. The molecule has 0 saturated carbocycles. The summed E-state index contributed by atoms with van der Waals surface area (Å²) in [7, 11) is 0. The summed E-state index contributed by atoms with van der Waals surface area (Å²) in [5, 5.41) is 0. The molecule has 2 aromatic heterocycles. The fourth-order valence-corrected chi connectivity index (χ4v) is 7.52. The van der Waals surface area contributed by atoms with Gasteiger partial charge in [0.1, 0.15) is 0 Å². The Morgan fingerprint density at radius 1 is 0.286 bits per heavy atom. The van der Waals surface area contributed by atoms with Crippen LogP contribution in [0.2, 0.25) is 0 Å². The summed E-state index contributed by atoms with van der Waals surface area (Å²) in [4.78, 5) is 15.0. The lowest BCUT2D eigenvalue weighted by Gasteiger charge is -2.19. The van der Waals surface area contributed by atoms with Crippen LogP contribution in [0.1, 0.15) is 11.4 Å². The second-order valence-corrected chi connectivity index (χ2v) is 14.1. The van der Waals surface area contributed by atoms with Gasteiger partial charge in [0.05, 0.1) is 11.4 Å². The summed E-state index contributed by atoms with van der Waals surface area (Å²) in [6, 6.07) is 70.8. The van der Waals surface area contributed by atoms with E-state index in [1.54, 1.807) is 0 Å². The highest BCUT2D eigenvalue weighted by atomic mass is 14.9. The van der Waals surface area contributed by atoms with Gasteiger partial charge in [0.2, 0.25) is 0 Å². The van der Waals surface area contributed by atoms with Gasteiger partial charge in [0, 0.05) is 33.6 Å². The van der Waals surface area contributed by atoms with Crippen LogP contribution >= 0.6 is 0 Å². The van der Waals surface area contributed by atoms with Crippen LogP contribution in [0.3, 0.4) is 0 Å². The minimum Gasteiger partial charge on any atom is -0.258 e. The molecule has 7 aromatic carbocycles. The van der Waals surface area contributed by atoms with Crippen molar-refractivity contribution in [3.8, 4) is 89.5 Å². The topological polar surface area (TPSA) is 38.7 Å². The summed E-state index contributed by atoms with van der Waals surface area (Å²) in [6.07, 6.45) is 0. The summed E-state index contributed by atoms with van der Waals surface area (Å²) < 4.78 is 0. The molecule has 0 aliphatic heterocycles. The van der Waals surface area contributed by atoms with Crippen molar-refractivity contribution in [1.29, 1.82) is 0 Å². The largest absolute Gasteiger partial charge is 0.258 e. The third-order valence-electron chi connectivity index (χ3n) is 10.4. The molecule has 56 heavy (non-hydrogen) atoms. The maximum Gasteiger partial charge on any atom is 0.160 e. The Bertz CT molecular complexity index is 2700. The van der Waals surface area contributed by atoms with Gasteiger partial charge in [-0.2, -0.15) is 0 Å². The number of benzene rings is 7. The molecule has 0 fully saturated rings. The minimum atomic E-state index is 0.685. The first-order valence-corrected chi connectivity index (χ1v) is 19.0. The van der Waals surface area contributed by atoms with Crippen LogP contribution in [0.25, 0.3) is 89.5 Å². The van der Waals surface area contributed by atoms with Crippen LogP contribution in [0.15, 0.2) is 200 Å². The normalized spacial score (nSPS) is 11.0. The SMILES string of the molecule is Cc1ccc(-c2ccc(-c3nc(-c4ccccc4)cc(-c4ccc(-c5c(-c6ccccc6)cc(-c6ccccc6)cc5-c5ccccc5)cc4)n3)cc2)c(C)n1. The number of aryl methyl sites for hydroxylation is 2. The zero-order chi connectivity index (χ0) is 37.8. The van der Waals surface area contributed by atoms with Crippen molar-refractivity contribution < 1.29 is 0 Å². The van der Waals surface area contributed by atoms with Gasteiger partial charge in [-0.25, -0.2) is 9.97 Å². The van der Waals surface area contributed by atoms with E-state index < -0.39 is 0 Å². The molecule has 0 aliphatic carbocycles. The first-order chi connectivity index (χ1) is 27.6. The summed E-state index contributed by atoms with van der Waals surface area (Å²) in [5.74, 6) is 0.685. The Morgan fingerprint density at radius 2 is 0.696 bits per heavy atom. The van der Waals surface area contributed by atoms with E-state index in [1.165, 1.54) is 38.9 Å². The molecule has 0 unspecified atom stereocenters. The Kier molecular flexibility index (Phi) is 9.41. The van der Waals surface area contributed by atoms with Gasteiger partial charge < -0.3 is 0 Å². The lowest BCUT2D eigenvalue weighted by molar-refractivity contribution is 1.13. The van der Waals surface area contributed by atoms with E-state index in [1.807, 2.05) is 13.0 Å². The standard InChI is InChI=1S/C53H39N3/c1-36-23-32-47(37(2)54-36)41-24-30-45(31-25-41)53-55-50(42-21-13-6-14-22-42)35-51(56-53)43-26-28-44(29-27-43)52-48(39-17-9-4-10-18-39)33-46(38-15-7-3-8-16-38)34-49(52)40-19-11-5-12-20-40/h3-35H,1-2H3. The van der Waals surface area contributed by atoms with Crippen molar-refractivity contribution >= 4 is 0 Å². The highest BCUT2D eigenvalue weighted by Gasteiger charge is 2.18. The van der Waals surface area contributed by atoms with Crippen molar-refractivity contribution in [1.82, 2.24) is 15.0 Å². The third-order valence-corrected chi connectivity index (χ3v) is 10.4. The second-order valence-electron chi connectivity index (χ2n) is 14.1. The quantitative estimate of drug-likeness (QED) is 0.157.